The molecule has 0 atom stereocenters. The molecule has 1 aromatic rings. The Morgan fingerprint density at radius 3 is 2.62 bits per heavy atom. The summed E-state index contributed by atoms with van der Waals surface area (Å²) in [6.45, 7) is 4.25. The molecule has 2 aliphatic rings. The van der Waals surface area contributed by atoms with Crippen molar-refractivity contribution < 1.29 is 8.42 Å². The second kappa shape index (κ2) is 6.10. The molecular weight excluding hydrogens is 286 g/mol. The molecule has 2 N–H and O–H groups in total. The van der Waals surface area contributed by atoms with Gasteiger partial charge in [-0.3, -0.25) is 0 Å². The monoisotopic (exact) mass is 311 g/mol. The fraction of sp³-hybridized carbons (Fsp3) is 0.733. The van der Waals surface area contributed by atoms with Crippen LogP contribution in [0.5, 0.6) is 0 Å². The van der Waals surface area contributed by atoms with Crippen LogP contribution in [0.4, 0.5) is 0 Å². The number of hydrogen-bond donors (Lipinski definition) is 2. The first-order valence-electron chi connectivity index (χ1n) is 8.01. The Morgan fingerprint density at radius 2 is 2.05 bits per heavy atom. The van der Waals surface area contributed by atoms with Gasteiger partial charge >= 0.3 is 0 Å². The lowest BCUT2D eigenvalue weighted by molar-refractivity contribution is 0.316. The summed E-state index contributed by atoms with van der Waals surface area (Å²) >= 11 is 0. The van der Waals surface area contributed by atoms with E-state index < -0.39 is 10.0 Å². The molecule has 0 saturated heterocycles. The van der Waals surface area contributed by atoms with Gasteiger partial charge in [0.05, 0.1) is 4.90 Å². The van der Waals surface area contributed by atoms with Gasteiger partial charge < -0.3 is 9.88 Å². The van der Waals surface area contributed by atoms with Crippen molar-refractivity contribution in [1.82, 2.24) is 14.6 Å². The Morgan fingerprint density at radius 1 is 1.29 bits per heavy atom. The summed E-state index contributed by atoms with van der Waals surface area (Å²) in [5, 5.41) is 3.28. The van der Waals surface area contributed by atoms with Crippen LogP contribution in [0.1, 0.15) is 50.8 Å². The minimum atomic E-state index is -3.36. The van der Waals surface area contributed by atoms with E-state index in [1.807, 2.05) is 12.3 Å². The standard InChI is InChI=1S/C15H25N3O2S/c1-2-16-10-14-8-15(11-18(14)13-6-7-13)21(19,20)17-9-12-4-3-5-12/h8,11-13,16-17H,2-7,9-10H2,1H3. The molecule has 2 saturated carbocycles. The smallest absolute Gasteiger partial charge is 0.242 e. The zero-order valence-electron chi connectivity index (χ0n) is 12.6. The first-order valence-corrected chi connectivity index (χ1v) is 9.49. The zero-order chi connectivity index (χ0) is 14.9. The topological polar surface area (TPSA) is 63.1 Å². The van der Waals surface area contributed by atoms with Gasteiger partial charge in [0.15, 0.2) is 0 Å². The maximum Gasteiger partial charge on any atom is 0.242 e. The Labute approximate surface area is 127 Å². The third-order valence-corrected chi connectivity index (χ3v) is 5.89. The first kappa shape index (κ1) is 15.1. The van der Waals surface area contributed by atoms with Crippen LogP contribution >= 0.6 is 0 Å². The van der Waals surface area contributed by atoms with E-state index in [2.05, 4.69) is 21.5 Å². The number of sulfonamides is 1. The summed E-state index contributed by atoms with van der Waals surface area (Å²) in [5.41, 5.74) is 1.07. The number of rotatable bonds is 8. The minimum Gasteiger partial charge on any atom is -0.346 e. The maximum absolute atomic E-state index is 12.4. The van der Waals surface area contributed by atoms with Crippen LogP contribution in [-0.4, -0.2) is 26.1 Å². The Balaban J connectivity index is 1.73. The van der Waals surface area contributed by atoms with Crippen LogP contribution in [0.2, 0.25) is 0 Å². The second-order valence-electron chi connectivity index (χ2n) is 6.23. The van der Waals surface area contributed by atoms with Crippen molar-refractivity contribution in [2.75, 3.05) is 13.1 Å². The molecule has 2 aliphatic carbocycles. The van der Waals surface area contributed by atoms with E-state index in [0.717, 1.165) is 44.5 Å². The molecule has 0 aliphatic heterocycles. The van der Waals surface area contributed by atoms with Crippen molar-refractivity contribution in [2.24, 2.45) is 5.92 Å². The number of aromatic nitrogens is 1. The summed E-state index contributed by atoms with van der Waals surface area (Å²) < 4.78 is 29.7. The summed E-state index contributed by atoms with van der Waals surface area (Å²) in [6, 6.07) is 2.32. The molecule has 0 bridgehead atoms. The average Bonchev–Trinajstić information content (AvgIpc) is 3.14. The molecule has 21 heavy (non-hydrogen) atoms. The van der Waals surface area contributed by atoms with Gasteiger partial charge in [-0.1, -0.05) is 13.3 Å². The fourth-order valence-corrected chi connectivity index (χ4v) is 3.90. The van der Waals surface area contributed by atoms with Crippen molar-refractivity contribution in [3.05, 3.63) is 18.0 Å². The summed E-state index contributed by atoms with van der Waals surface area (Å²) in [6.07, 6.45) is 7.66. The van der Waals surface area contributed by atoms with E-state index in [1.165, 1.54) is 6.42 Å². The lowest BCUT2D eigenvalue weighted by atomic mass is 9.86. The molecule has 1 aromatic heterocycles. The molecule has 0 unspecified atom stereocenters. The van der Waals surface area contributed by atoms with E-state index >= 15 is 0 Å². The fourth-order valence-electron chi connectivity index (χ4n) is 2.74. The van der Waals surface area contributed by atoms with Crippen LogP contribution in [0.15, 0.2) is 17.2 Å². The normalized spacial score (nSPS) is 19.7. The van der Waals surface area contributed by atoms with Gasteiger partial charge in [-0.15, -0.1) is 0 Å². The Hall–Kier alpha value is -0.850. The third-order valence-electron chi connectivity index (χ3n) is 4.50. The van der Waals surface area contributed by atoms with E-state index in [-0.39, 0.29) is 0 Å². The van der Waals surface area contributed by atoms with Gasteiger partial charge in [0.1, 0.15) is 0 Å². The predicted octanol–water partition coefficient (Wildman–Crippen LogP) is 2.01. The number of nitrogens with one attached hydrogen (secondary N) is 2. The highest BCUT2D eigenvalue weighted by molar-refractivity contribution is 7.89. The molecule has 0 spiro atoms. The van der Waals surface area contributed by atoms with Gasteiger partial charge in [-0.2, -0.15) is 0 Å². The Bertz CT molecular complexity index is 586. The van der Waals surface area contributed by atoms with Gasteiger partial charge in [0.2, 0.25) is 10.0 Å². The molecule has 0 aromatic carbocycles. The zero-order valence-corrected chi connectivity index (χ0v) is 13.5. The highest BCUT2D eigenvalue weighted by Crippen LogP contribution is 2.37. The summed E-state index contributed by atoms with van der Waals surface area (Å²) in [7, 11) is -3.36. The van der Waals surface area contributed by atoms with Gasteiger partial charge in [0, 0.05) is 31.0 Å². The van der Waals surface area contributed by atoms with Crippen LogP contribution in [0, 0.1) is 5.92 Å². The molecule has 3 rings (SSSR count). The molecule has 5 nitrogen and oxygen atoms in total. The highest BCUT2D eigenvalue weighted by Gasteiger charge is 2.28. The summed E-state index contributed by atoms with van der Waals surface area (Å²) in [5.74, 6) is 0.534. The molecule has 0 amide bonds. The summed E-state index contributed by atoms with van der Waals surface area (Å²) in [4.78, 5) is 0.418. The lowest BCUT2D eigenvalue weighted by Gasteiger charge is -2.25. The van der Waals surface area contributed by atoms with Crippen molar-refractivity contribution in [3.63, 3.8) is 0 Å². The molecule has 118 valence electrons. The predicted molar refractivity (Wildman–Crippen MR) is 82.6 cm³/mol. The quantitative estimate of drug-likeness (QED) is 0.772. The first-order chi connectivity index (χ1) is 10.1. The van der Waals surface area contributed by atoms with Gasteiger partial charge in [-0.05, 0) is 44.2 Å². The number of hydrogen-bond acceptors (Lipinski definition) is 3. The SMILES string of the molecule is CCNCc1cc(S(=O)(=O)NCC2CCC2)cn1C1CC1. The molecule has 2 fully saturated rings. The van der Waals surface area contributed by atoms with Crippen molar-refractivity contribution in [2.45, 2.75) is 56.5 Å². The lowest BCUT2D eigenvalue weighted by Crippen LogP contribution is -2.32. The van der Waals surface area contributed by atoms with Crippen molar-refractivity contribution in [3.8, 4) is 0 Å². The second-order valence-corrected chi connectivity index (χ2v) is 8.00. The Kier molecular flexibility index (Phi) is 4.38. The van der Waals surface area contributed by atoms with Crippen LogP contribution in [-0.2, 0) is 16.6 Å². The average molecular weight is 311 g/mol. The maximum atomic E-state index is 12.4. The van der Waals surface area contributed by atoms with E-state index in [1.54, 1.807) is 0 Å². The van der Waals surface area contributed by atoms with Crippen LogP contribution < -0.4 is 10.0 Å². The minimum absolute atomic E-state index is 0.418. The van der Waals surface area contributed by atoms with Crippen LogP contribution in [0.3, 0.4) is 0 Å². The van der Waals surface area contributed by atoms with E-state index in [0.29, 0.717) is 23.4 Å². The molecule has 0 radical (unpaired) electrons. The van der Waals surface area contributed by atoms with E-state index in [4.69, 9.17) is 0 Å². The van der Waals surface area contributed by atoms with Gasteiger partial charge in [0.25, 0.3) is 0 Å². The third kappa shape index (κ3) is 3.49. The van der Waals surface area contributed by atoms with E-state index in [9.17, 15) is 8.42 Å². The van der Waals surface area contributed by atoms with Crippen LogP contribution in [0.25, 0.3) is 0 Å². The largest absolute Gasteiger partial charge is 0.346 e. The highest BCUT2D eigenvalue weighted by atomic mass is 32.2. The molecule has 6 heteroatoms. The molecule has 1 heterocycles. The van der Waals surface area contributed by atoms with Crippen molar-refractivity contribution in [1.29, 1.82) is 0 Å². The van der Waals surface area contributed by atoms with Crippen molar-refractivity contribution >= 4 is 10.0 Å². The van der Waals surface area contributed by atoms with Gasteiger partial charge in [-0.25, -0.2) is 13.1 Å². The molecular formula is C15H25N3O2S. The number of nitrogens with zero attached hydrogens (tertiary/aromatic N) is 1.